The monoisotopic (exact) mass is 281 g/mol. The Bertz CT molecular complexity index is 479. The summed E-state index contributed by atoms with van der Waals surface area (Å²) in [5.41, 5.74) is 5.66. The van der Waals surface area contributed by atoms with Gasteiger partial charge in [-0.2, -0.15) is 0 Å². The number of carbonyl (C=O) groups is 2. The van der Waals surface area contributed by atoms with Crippen LogP contribution < -0.4 is 11.1 Å². The van der Waals surface area contributed by atoms with Crippen LogP contribution in [0.4, 0.5) is 0 Å². The summed E-state index contributed by atoms with van der Waals surface area (Å²) in [4.78, 5) is 22.8. The van der Waals surface area contributed by atoms with Gasteiger partial charge in [-0.3, -0.25) is 14.3 Å². The molecule has 8 nitrogen and oxygen atoms in total. The van der Waals surface area contributed by atoms with Crippen molar-refractivity contribution in [3.05, 3.63) is 11.9 Å². The molecule has 1 fully saturated rings. The number of rotatable bonds is 5. The van der Waals surface area contributed by atoms with Crippen molar-refractivity contribution >= 4 is 11.9 Å². The quantitative estimate of drug-likeness (QED) is 0.675. The maximum absolute atomic E-state index is 12.0. The highest BCUT2D eigenvalue weighted by Crippen LogP contribution is 2.24. The maximum atomic E-state index is 12.0. The van der Waals surface area contributed by atoms with Crippen LogP contribution in [0.25, 0.3) is 0 Å². The summed E-state index contributed by atoms with van der Waals surface area (Å²) in [5, 5.41) is 19.4. The average Bonchev–Trinajstić information content (AvgIpc) is 2.88. The lowest BCUT2D eigenvalue weighted by atomic mass is 9.86. The Morgan fingerprint density at radius 2 is 2.10 bits per heavy atom. The van der Waals surface area contributed by atoms with Crippen LogP contribution in [0, 0.1) is 5.92 Å². The number of hydrogen-bond acceptors (Lipinski definition) is 5. The van der Waals surface area contributed by atoms with Crippen molar-refractivity contribution in [2.45, 2.75) is 38.3 Å². The molecule has 1 aromatic rings. The van der Waals surface area contributed by atoms with Crippen LogP contribution in [0.2, 0.25) is 0 Å². The largest absolute Gasteiger partial charge is 0.481 e. The van der Waals surface area contributed by atoms with Gasteiger partial charge in [-0.15, -0.1) is 5.10 Å². The van der Waals surface area contributed by atoms with E-state index in [1.54, 1.807) is 6.20 Å². The number of nitrogens with one attached hydrogen (secondary N) is 1. The number of carboxylic acids is 1. The molecular weight excluding hydrogens is 262 g/mol. The second-order valence-corrected chi connectivity index (χ2v) is 5.02. The van der Waals surface area contributed by atoms with Crippen molar-refractivity contribution in [3.8, 4) is 0 Å². The van der Waals surface area contributed by atoms with Crippen LogP contribution in [0.1, 0.15) is 36.2 Å². The Balaban J connectivity index is 1.84. The Morgan fingerprint density at radius 1 is 1.40 bits per heavy atom. The molecule has 1 aliphatic carbocycles. The van der Waals surface area contributed by atoms with Crippen LogP contribution in [0.15, 0.2) is 6.20 Å². The van der Waals surface area contributed by atoms with E-state index >= 15 is 0 Å². The summed E-state index contributed by atoms with van der Waals surface area (Å²) in [6.45, 7) is 0.952. The van der Waals surface area contributed by atoms with Crippen molar-refractivity contribution in [1.29, 1.82) is 0 Å². The molecule has 1 aliphatic rings. The molecule has 20 heavy (non-hydrogen) atoms. The molecule has 0 unspecified atom stereocenters. The zero-order valence-electron chi connectivity index (χ0n) is 11.2. The van der Waals surface area contributed by atoms with Gasteiger partial charge in [-0.25, -0.2) is 0 Å². The van der Waals surface area contributed by atoms with E-state index < -0.39 is 5.97 Å². The highest BCUT2D eigenvalue weighted by atomic mass is 16.4. The average molecular weight is 281 g/mol. The fraction of sp³-hybridized carbons (Fsp3) is 0.667. The van der Waals surface area contributed by atoms with Gasteiger partial charge in [0.25, 0.3) is 5.91 Å². The van der Waals surface area contributed by atoms with Crippen molar-refractivity contribution in [1.82, 2.24) is 20.3 Å². The number of hydrogen-bond donors (Lipinski definition) is 3. The highest BCUT2D eigenvalue weighted by Gasteiger charge is 2.27. The Labute approximate surface area is 116 Å². The van der Waals surface area contributed by atoms with Crippen molar-refractivity contribution in [2.24, 2.45) is 11.7 Å². The molecule has 1 aromatic heterocycles. The summed E-state index contributed by atoms with van der Waals surface area (Å²) < 4.78 is 1.52. The zero-order chi connectivity index (χ0) is 14.5. The molecule has 2 rings (SSSR count). The summed E-state index contributed by atoms with van der Waals surface area (Å²) in [7, 11) is 0. The highest BCUT2D eigenvalue weighted by molar-refractivity contribution is 5.92. The third-order valence-corrected chi connectivity index (χ3v) is 3.54. The van der Waals surface area contributed by atoms with Gasteiger partial charge >= 0.3 is 5.97 Å². The minimum atomic E-state index is -0.750. The second-order valence-electron chi connectivity index (χ2n) is 5.02. The predicted octanol–water partition coefficient (Wildman–Crippen LogP) is -0.390. The van der Waals surface area contributed by atoms with E-state index in [-0.39, 0.29) is 23.6 Å². The van der Waals surface area contributed by atoms with E-state index in [1.807, 2.05) is 0 Å². The van der Waals surface area contributed by atoms with Gasteiger partial charge in [-0.05, 0) is 25.7 Å². The van der Waals surface area contributed by atoms with Crippen LogP contribution in [-0.2, 0) is 11.3 Å². The number of amides is 1. The molecule has 1 heterocycles. The first-order valence-electron chi connectivity index (χ1n) is 6.74. The number of carboxylic acid groups (broad SMARTS) is 1. The van der Waals surface area contributed by atoms with E-state index in [2.05, 4.69) is 15.6 Å². The van der Waals surface area contributed by atoms with Gasteiger partial charge in [0, 0.05) is 12.6 Å². The molecule has 8 heteroatoms. The second kappa shape index (κ2) is 6.47. The summed E-state index contributed by atoms with van der Waals surface area (Å²) in [5.74, 6) is -1.31. The molecule has 1 amide bonds. The molecular formula is C12H19N5O3. The summed E-state index contributed by atoms with van der Waals surface area (Å²) in [6.07, 6.45) is 4.12. The number of nitrogens with zero attached hydrogens (tertiary/aromatic N) is 3. The summed E-state index contributed by atoms with van der Waals surface area (Å²) in [6, 6.07) is 0.0118. The lowest BCUT2D eigenvalue weighted by Gasteiger charge is -2.26. The third-order valence-electron chi connectivity index (χ3n) is 3.54. The van der Waals surface area contributed by atoms with E-state index in [0.717, 1.165) is 0 Å². The van der Waals surface area contributed by atoms with Crippen LogP contribution >= 0.6 is 0 Å². The van der Waals surface area contributed by atoms with Gasteiger partial charge < -0.3 is 16.2 Å². The Kier molecular flexibility index (Phi) is 4.67. The minimum Gasteiger partial charge on any atom is -0.481 e. The van der Waals surface area contributed by atoms with Crippen LogP contribution in [0.5, 0.6) is 0 Å². The molecule has 0 aromatic carbocycles. The molecule has 0 saturated heterocycles. The Morgan fingerprint density at radius 3 is 2.70 bits per heavy atom. The first kappa shape index (κ1) is 14.4. The molecule has 0 atom stereocenters. The van der Waals surface area contributed by atoms with Crippen molar-refractivity contribution in [2.75, 3.05) is 6.54 Å². The SMILES string of the molecule is NCCn1cc(C(=O)NC2CCC(C(=O)O)CC2)nn1. The molecule has 0 aliphatic heterocycles. The number of aliphatic carboxylic acids is 1. The van der Waals surface area contributed by atoms with Gasteiger partial charge in [0.1, 0.15) is 0 Å². The molecule has 4 N–H and O–H groups in total. The minimum absolute atomic E-state index is 0.0118. The normalized spacial score (nSPS) is 22.4. The number of aromatic nitrogens is 3. The van der Waals surface area contributed by atoms with E-state index in [0.29, 0.717) is 38.8 Å². The zero-order valence-corrected chi connectivity index (χ0v) is 11.2. The molecule has 110 valence electrons. The molecule has 0 spiro atoms. The first-order valence-corrected chi connectivity index (χ1v) is 6.74. The van der Waals surface area contributed by atoms with Crippen LogP contribution in [-0.4, -0.2) is 44.6 Å². The fourth-order valence-electron chi connectivity index (χ4n) is 2.39. The smallest absolute Gasteiger partial charge is 0.306 e. The predicted molar refractivity (Wildman–Crippen MR) is 69.9 cm³/mol. The van der Waals surface area contributed by atoms with Gasteiger partial charge in [0.05, 0.1) is 18.7 Å². The third kappa shape index (κ3) is 3.53. The number of carbonyl (C=O) groups excluding carboxylic acids is 1. The van der Waals surface area contributed by atoms with E-state index in [4.69, 9.17) is 10.8 Å². The number of nitrogens with two attached hydrogens (primary N) is 1. The fourth-order valence-corrected chi connectivity index (χ4v) is 2.39. The van der Waals surface area contributed by atoms with Crippen molar-refractivity contribution in [3.63, 3.8) is 0 Å². The topological polar surface area (TPSA) is 123 Å². The summed E-state index contributed by atoms with van der Waals surface area (Å²) >= 11 is 0. The van der Waals surface area contributed by atoms with Crippen LogP contribution in [0.3, 0.4) is 0 Å². The maximum Gasteiger partial charge on any atom is 0.306 e. The van der Waals surface area contributed by atoms with Crippen molar-refractivity contribution < 1.29 is 14.7 Å². The molecule has 0 radical (unpaired) electrons. The van der Waals surface area contributed by atoms with Gasteiger partial charge in [0.15, 0.2) is 5.69 Å². The molecule has 0 bridgehead atoms. The Hall–Kier alpha value is -1.96. The van der Waals surface area contributed by atoms with E-state index in [9.17, 15) is 9.59 Å². The standard InChI is InChI=1S/C12H19N5O3/c13-5-6-17-7-10(15-16-17)11(18)14-9-3-1-8(2-4-9)12(19)20/h7-9H,1-6,13H2,(H,14,18)(H,19,20). The van der Waals surface area contributed by atoms with E-state index in [1.165, 1.54) is 4.68 Å². The van der Waals surface area contributed by atoms with Gasteiger partial charge in [-0.1, -0.05) is 5.21 Å². The first-order chi connectivity index (χ1) is 9.60. The molecule has 1 saturated carbocycles. The lowest BCUT2D eigenvalue weighted by molar-refractivity contribution is -0.142. The lowest BCUT2D eigenvalue weighted by Crippen LogP contribution is -2.38. The van der Waals surface area contributed by atoms with Gasteiger partial charge in [0.2, 0.25) is 0 Å².